The van der Waals surface area contributed by atoms with E-state index >= 15 is 0 Å². The predicted molar refractivity (Wildman–Crippen MR) is 80.8 cm³/mol. The molecule has 0 bridgehead atoms. The second-order valence-electron chi connectivity index (χ2n) is 5.72. The van der Waals surface area contributed by atoms with Gasteiger partial charge in [0.15, 0.2) is 0 Å². The number of furan rings is 1. The van der Waals surface area contributed by atoms with E-state index in [0.29, 0.717) is 6.10 Å². The van der Waals surface area contributed by atoms with Crippen molar-refractivity contribution in [2.45, 2.75) is 52.3 Å². The Balaban J connectivity index is 1.87. The third kappa shape index (κ3) is 4.33. The Morgan fingerprint density at radius 2 is 2.35 bits per heavy atom. The van der Waals surface area contributed by atoms with Gasteiger partial charge in [0.2, 0.25) is 0 Å². The lowest BCUT2D eigenvalue weighted by Gasteiger charge is -2.32. The summed E-state index contributed by atoms with van der Waals surface area (Å²) in [6.07, 6.45) is 3.91. The Labute approximate surface area is 122 Å². The third-order valence-electron chi connectivity index (χ3n) is 3.81. The van der Waals surface area contributed by atoms with Crippen molar-refractivity contribution in [2.24, 2.45) is 0 Å². The van der Waals surface area contributed by atoms with Crippen molar-refractivity contribution in [3.05, 3.63) is 23.2 Å². The molecule has 1 fully saturated rings. The maximum atomic E-state index is 5.93. The van der Waals surface area contributed by atoms with Crippen molar-refractivity contribution >= 4 is 0 Å². The average molecular weight is 280 g/mol. The maximum Gasteiger partial charge on any atom is 0.120 e. The van der Waals surface area contributed by atoms with Crippen LogP contribution in [0.4, 0.5) is 0 Å². The molecule has 2 rings (SSSR count). The Kier molecular flexibility index (Phi) is 6.07. The standard InChI is InChI=1S/C16H28N2O2/c1-4-8-19-14-6-5-7-18(11-14)12-15-9-13(2)16(20-15)10-17-3/h9,14,17H,4-8,10-12H2,1-3H3. The van der Waals surface area contributed by atoms with Crippen molar-refractivity contribution in [3.8, 4) is 0 Å². The van der Waals surface area contributed by atoms with Gasteiger partial charge in [-0.25, -0.2) is 0 Å². The fourth-order valence-electron chi connectivity index (χ4n) is 2.80. The number of piperidine rings is 1. The summed E-state index contributed by atoms with van der Waals surface area (Å²) in [5, 5.41) is 3.14. The molecule has 20 heavy (non-hydrogen) atoms. The van der Waals surface area contributed by atoms with Gasteiger partial charge in [0, 0.05) is 13.2 Å². The Hall–Kier alpha value is -0.840. The first-order valence-corrected chi connectivity index (χ1v) is 7.79. The van der Waals surface area contributed by atoms with E-state index in [1.54, 1.807) is 0 Å². The molecule has 0 saturated carbocycles. The third-order valence-corrected chi connectivity index (χ3v) is 3.81. The quantitative estimate of drug-likeness (QED) is 0.833. The second-order valence-corrected chi connectivity index (χ2v) is 5.72. The van der Waals surface area contributed by atoms with Crippen molar-refractivity contribution in [3.63, 3.8) is 0 Å². The summed E-state index contributed by atoms with van der Waals surface area (Å²) in [4.78, 5) is 2.45. The van der Waals surface area contributed by atoms with Gasteiger partial charge in [-0.1, -0.05) is 6.92 Å². The molecule has 1 aromatic rings. The van der Waals surface area contributed by atoms with Crippen LogP contribution in [0.5, 0.6) is 0 Å². The number of hydrogen-bond donors (Lipinski definition) is 1. The highest BCUT2D eigenvalue weighted by molar-refractivity contribution is 5.20. The topological polar surface area (TPSA) is 37.6 Å². The van der Waals surface area contributed by atoms with Gasteiger partial charge in [-0.3, -0.25) is 4.90 Å². The van der Waals surface area contributed by atoms with Crippen LogP contribution in [0.3, 0.4) is 0 Å². The van der Waals surface area contributed by atoms with E-state index in [2.05, 4.69) is 30.1 Å². The van der Waals surface area contributed by atoms with E-state index in [1.807, 2.05) is 7.05 Å². The molecule has 0 amide bonds. The summed E-state index contributed by atoms with van der Waals surface area (Å²) in [5.74, 6) is 2.13. The van der Waals surface area contributed by atoms with Gasteiger partial charge in [-0.05, 0) is 51.4 Å². The van der Waals surface area contributed by atoms with Crippen LogP contribution in [0.1, 0.15) is 43.3 Å². The summed E-state index contributed by atoms with van der Waals surface area (Å²) in [6.45, 7) is 9.03. The monoisotopic (exact) mass is 280 g/mol. The minimum atomic E-state index is 0.400. The number of rotatable bonds is 7. The van der Waals surface area contributed by atoms with Gasteiger partial charge in [-0.15, -0.1) is 0 Å². The highest BCUT2D eigenvalue weighted by Gasteiger charge is 2.21. The molecule has 1 aliphatic heterocycles. The second kappa shape index (κ2) is 7.81. The maximum absolute atomic E-state index is 5.93. The predicted octanol–water partition coefficient (Wildman–Crippen LogP) is 2.70. The molecular weight excluding hydrogens is 252 g/mol. The number of aryl methyl sites for hydroxylation is 1. The Morgan fingerprint density at radius 3 is 3.10 bits per heavy atom. The summed E-state index contributed by atoms with van der Waals surface area (Å²) >= 11 is 0. The highest BCUT2D eigenvalue weighted by Crippen LogP contribution is 2.20. The molecule has 4 nitrogen and oxygen atoms in total. The fourth-order valence-corrected chi connectivity index (χ4v) is 2.80. The Morgan fingerprint density at radius 1 is 1.50 bits per heavy atom. The fraction of sp³-hybridized carbons (Fsp3) is 0.750. The molecule has 1 aromatic heterocycles. The van der Waals surface area contributed by atoms with E-state index < -0.39 is 0 Å². The minimum absolute atomic E-state index is 0.400. The van der Waals surface area contributed by atoms with E-state index in [-0.39, 0.29) is 0 Å². The van der Waals surface area contributed by atoms with Crippen molar-refractivity contribution in [2.75, 3.05) is 26.7 Å². The normalized spacial score (nSPS) is 20.4. The molecule has 1 N–H and O–H groups in total. The van der Waals surface area contributed by atoms with E-state index in [0.717, 1.165) is 50.7 Å². The summed E-state index contributed by atoms with van der Waals surface area (Å²) < 4.78 is 11.8. The SMILES string of the molecule is CCCOC1CCCN(Cc2cc(C)c(CNC)o2)C1. The average Bonchev–Trinajstić information content (AvgIpc) is 2.77. The van der Waals surface area contributed by atoms with E-state index in [4.69, 9.17) is 9.15 Å². The van der Waals surface area contributed by atoms with Crippen LogP contribution >= 0.6 is 0 Å². The molecule has 4 heteroatoms. The number of ether oxygens (including phenoxy) is 1. The molecule has 0 radical (unpaired) electrons. The zero-order valence-corrected chi connectivity index (χ0v) is 13.1. The number of hydrogen-bond acceptors (Lipinski definition) is 4. The summed E-state index contributed by atoms with van der Waals surface area (Å²) in [6, 6.07) is 2.17. The van der Waals surface area contributed by atoms with Crippen LogP contribution in [-0.2, 0) is 17.8 Å². The molecule has 114 valence electrons. The lowest BCUT2D eigenvalue weighted by molar-refractivity contribution is -0.00380. The highest BCUT2D eigenvalue weighted by atomic mass is 16.5. The first kappa shape index (κ1) is 15.5. The van der Waals surface area contributed by atoms with E-state index in [1.165, 1.54) is 18.4 Å². The molecule has 0 aromatic carbocycles. The van der Waals surface area contributed by atoms with Crippen molar-refractivity contribution in [1.29, 1.82) is 0 Å². The van der Waals surface area contributed by atoms with Crippen LogP contribution < -0.4 is 5.32 Å². The van der Waals surface area contributed by atoms with Crippen LogP contribution in [0.2, 0.25) is 0 Å². The van der Waals surface area contributed by atoms with Gasteiger partial charge in [-0.2, -0.15) is 0 Å². The van der Waals surface area contributed by atoms with Crippen LogP contribution in [-0.4, -0.2) is 37.7 Å². The van der Waals surface area contributed by atoms with Gasteiger partial charge in [0.25, 0.3) is 0 Å². The lowest BCUT2D eigenvalue weighted by atomic mass is 10.1. The van der Waals surface area contributed by atoms with Crippen molar-refractivity contribution in [1.82, 2.24) is 10.2 Å². The van der Waals surface area contributed by atoms with Crippen molar-refractivity contribution < 1.29 is 9.15 Å². The molecule has 1 unspecified atom stereocenters. The van der Waals surface area contributed by atoms with Gasteiger partial charge >= 0.3 is 0 Å². The molecule has 1 aliphatic rings. The van der Waals surface area contributed by atoms with Crippen LogP contribution in [0, 0.1) is 6.92 Å². The van der Waals surface area contributed by atoms with Gasteiger partial charge < -0.3 is 14.5 Å². The molecular formula is C16H28N2O2. The zero-order valence-electron chi connectivity index (χ0n) is 13.1. The smallest absolute Gasteiger partial charge is 0.120 e. The summed E-state index contributed by atoms with van der Waals surface area (Å²) in [5.41, 5.74) is 1.24. The van der Waals surface area contributed by atoms with Crippen LogP contribution in [0.15, 0.2) is 10.5 Å². The molecule has 0 aliphatic carbocycles. The number of likely N-dealkylation sites (tertiary alicyclic amines) is 1. The first-order valence-electron chi connectivity index (χ1n) is 7.79. The molecule has 0 spiro atoms. The molecule has 1 atom stereocenters. The van der Waals surface area contributed by atoms with Gasteiger partial charge in [0.1, 0.15) is 11.5 Å². The van der Waals surface area contributed by atoms with Crippen LogP contribution in [0.25, 0.3) is 0 Å². The minimum Gasteiger partial charge on any atom is -0.463 e. The summed E-state index contributed by atoms with van der Waals surface area (Å²) in [7, 11) is 1.95. The lowest BCUT2D eigenvalue weighted by Crippen LogP contribution is -2.39. The number of nitrogens with zero attached hydrogens (tertiary/aromatic N) is 1. The largest absolute Gasteiger partial charge is 0.463 e. The van der Waals surface area contributed by atoms with E-state index in [9.17, 15) is 0 Å². The number of nitrogens with one attached hydrogen (secondary N) is 1. The first-order chi connectivity index (χ1) is 9.72. The molecule has 1 saturated heterocycles. The molecule has 2 heterocycles. The van der Waals surface area contributed by atoms with Gasteiger partial charge in [0.05, 0.1) is 19.2 Å². The Bertz CT molecular complexity index is 403. The zero-order chi connectivity index (χ0) is 14.4.